The predicted molar refractivity (Wildman–Crippen MR) is 0 cm³/mol. The van der Waals surface area contributed by atoms with Crippen LogP contribution in [-0.2, 0) is 19.5 Å². The normalized spacial score (nSPS) is 0. The Morgan fingerprint density at radius 2 is 0.750 bits per heavy atom. The van der Waals surface area contributed by atoms with Crippen LogP contribution in [0.2, 0.25) is 0 Å². The van der Waals surface area contributed by atoms with Crippen LogP contribution in [0.25, 0.3) is 0 Å². The van der Waals surface area contributed by atoms with Gasteiger partial charge >= 0.3 is 19.5 Å². The van der Waals surface area contributed by atoms with Crippen LogP contribution in [0.5, 0.6) is 0 Å². The Kier molecular flexibility index (Phi) is 147. The molecule has 4 heavy (non-hydrogen) atoms. The van der Waals surface area contributed by atoms with E-state index in [4.69, 9.17) is 0 Å². The molecule has 0 fully saturated rings. The molecule has 0 nitrogen and oxygen atoms in total. The first-order valence-electron chi connectivity index (χ1n) is 0. The summed E-state index contributed by atoms with van der Waals surface area (Å²) in [6.07, 6.45) is 0. The van der Waals surface area contributed by atoms with E-state index < -0.39 is 0 Å². The van der Waals surface area contributed by atoms with Gasteiger partial charge < -0.3 is 24.8 Å². The molecule has 0 unspecified atom stereocenters. The molecule has 0 aliphatic carbocycles. The van der Waals surface area contributed by atoms with Crippen LogP contribution >= 0.6 is 0 Å². The first-order valence-corrected chi connectivity index (χ1v) is 0. The average Bonchev–Trinajstić information content (AvgIpc) is 0. The van der Waals surface area contributed by atoms with Crippen molar-refractivity contribution in [2.75, 3.05) is 0 Å². The zero-order valence-electron chi connectivity index (χ0n) is 2.04. The van der Waals surface area contributed by atoms with Gasteiger partial charge in [0.15, 0.2) is 0 Å². The summed E-state index contributed by atoms with van der Waals surface area (Å²) in [4.78, 5) is 0. The fourth-order valence-electron chi connectivity index (χ4n) is 0. The molecule has 0 amide bonds. The molecule has 1 radical (unpaired) electrons. The van der Waals surface area contributed by atoms with E-state index in [9.17, 15) is 0 Å². The third kappa shape index (κ3) is 8.83. The molecule has 19 valence electrons. The molecule has 0 aromatic rings. The molecule has 0 aliphatic rings. The van der Waals surface area contributed by atoms with Crippen molar-refractivity contribution < 1.29 is 79.9 Å². The molecule has 0 rings (SSSR count). The number of rotatable bonds is 0. The van der Waals surface area contributed by atoms with Crippen molar-refractivity contribution in [1.82, 2.24) is 0 Å². The summed E-state index contributed by atoms with van der Waals surface area (Å²) in [5, 5.41) is 0. The smallest absolute Gasteiger partial charge is 1.00 e. The van der Waals surface area contributed by atoms with Gasteiger partial charge in [-0.1, -0.05) is 0 Å². The molecular weight excluding hydrogens is 275 g/mol. The maximum Gasteiger partial charge on any atom is 2.00 e. The van der Waals surface area contributed by atoms with Crippen LogP contribution in [0.1, 0.15) is 0 Å². The monoisotopic (exact) mass is 273 g/mol. The maximum absolute atomic E-state index is 0. The molecule has 0 N–H and O–H groups in total. The molecule has 0 atom stereocenters. The standard InChI is InChI=1S/2ClH.La.Zn/h2*1H;;/q;;;+2/p-2. The summed E-state index contributed by atoms with van der Waals surface area (Å²) >= 11 is 0. The molecule has 4 heteroatoms. The van der Waals surface area contributed by atoms with E-state index in [2.05, 4.69) is 0 Å². The molecule has 0 saturated carbocycles. The summed E-state index contributed by atoms with van der Waals surface area (Å²) in [6.45, 7) is 0. The Hall–Kier alpha value is 2.40. The van der Waals surface area contributed by atoms with Crippen LogP contribution in [0.4, 0.5) is 0 Å². The van der Waals surface area contributed by atoms with E-state index in [-0.39, 0.29) is 79.9 Å². The van der Waals surface area contributed by atoms with Gasteiger partial charge in [-0.2, -0.15) is 0 Å². The van der Waals surface area contributed by atoms with Crippen LogP contribution in [-0.4, -0.2) is 0 Å². The van der Waals surface area contributed by atoms with Crippen molar-refractivity contribution in [2.45, 2.75) is 0 Å². The van der Waals surface area contributed by atoms with Crippen molar-refractivity contribution in [3.05, 3.63) is 0 Å². The Morgan fingerprint density at radius 1 is 0.750 bits per heavy atom. The largest absolute Gasteiger partial charge is 2.00 e. The Labute approximate surface area is 78.7 Å². The minimum atomic E-state index is 0. The molecule has 0 bridgehead atoms. The van der Waals surface area contributed by atoms with Gasteiger partial charge in [-0.25, -0.2) is 0 Å². The Morgan fingerprint density at radius 3 is 0.750 bits per heavy atom. The van der Waals surface area contributed by atoms with Gasteiger partial charge in [0.2, 0.25) is 0 Å². The minimum absolute atomic E-state index is 0. The fourth-order valence-corrected chi connectivity index (χ4v) is 0. The van der Waals surface area contributed by atoms with E-state index >= 15 is 0 Å². The van der Waals surface area contributed by atoms with Crippen LogP contribution in [0.15, 0.2) is 0 Å². The van der Waals surface area contributed by atoms with Crippen molar-refractivity contribution in [3.8, 4) is 0 Å². The van der Waals surface area contributed by atoms with Crippen molar-refractivity contribution in [3.63, 3.8) is 0 Å². The maximum atomic E-state index is 0. The fraction of sp³-hybridized carbons (Fsp3) is 0. The van der Waals surface area contributed by atoms with E-state index in [0.29, 0.717) is 0 Å². The second-order valence-corrected chi connectivity index (χ2v) is 0. The summed E-state index contributed by atoms with van der Waals surface area (Å²) in [5.74, 6) is 0. The van der Waals surface area contributed by atoms with Crippen molar-refractivity contribution in [2.24, 2.45) is 0 Å². The first kappa shape index (κ1) is 32.4. The van der Waals surface area contributed by atoms with E-state index in [0.717, 1.165) is 0 Å². The third-order valence-corrected chi connectivity index (χ3v) is 0. The predicted octanol–water partition coefficient (Wildman–Crippen LogP) is -5.99. The van der Waals surface area contributed by atoms with Gasteiger partial charge in [0.25, 0.3) is 0 Å². The van der Waals surface area contributed by atoms with Crippen molar-refractivity contribution in [1.29, 1.82) is 0 Å². The summed E-state index contributed by atoms with van der Waals surface area (Å²) in [5.41, 5.74) is 0. The van der Waals surface area contributed by atoms with Gasteiger partial charge in [0.1, 0.15) is 0 Å². The van der Waals surface area contributed by atoms with E-state index in [1.807, 2.05) is 0 Å². The molecule has 0 saturated heterocycles. The number of hydrogen-bond donors (Lipinski definition) is 0. The molecule has 0 spiro atoms. The number of hydrogen-bond acceptors (Lipinski definition) is 0. The SMILES string of the molecule is [Cl-].[Cl-].[La].[Zn+2]. The average molecular weight is 275 g/mol. The third-order valence-electron chi connectivity index (χ3n) is 0. The van der Waals surface area contributed by atoms with E-state index in [1.54, 1.807) is 0 Å². The topological polar surface area (TPSA) is 0 Å². The van der Waals surface area contributed by atoms with Crippen LogP contribution in [0.3, 0.4) is 0 Å². The Balaban J connectivity index is 0. The van der Waals surface area contributed by atoms with Crippen LogP contribution in [0, 0.1) is 35.6 Å². The van der Waals surface area contributed by atoms with Gasteiger partial charge in [-0.05, 0) is 0 Å². The summed E-state index contributed by atoms with van der Waals surface area (Å²) < 4.78 is 0. The zero-order valence-corrected chi connectivity index (χ0v) is 10.1. The van der Waals surface area contributed by atoms with Gasteiger partial charge in [0, 0.05) is 35.6 Å². The molecule has 0 heterocycles. The molecule has 0 aromatic heterocycles. The number of halogens is 2. The Bertz CT molecular complexity index is 6.00. The van der Waals surface area contributed by atoms with Gasteiger partial charge in [0.05, 0.1) is 0 Å². The molecular formula is Cl2LaZn. The summed E-state index contributed by atoms with van der Waals surface area (Å²) in [6, 6.07) is 0. The summed E-state index contributed by atoms with van der Waals surface area (Å²) in [7, 11) is 0. The first-order chi connectivity index (χ1) is 0. The molecule has 0 aliphatic heterocycles. The van der Waals surface area contributed by atoms with Gasteiger partial charge in [-0.15, -0.1) is 0 Å². The second kappa shape index (κ2) is 18.2. The quantitative estimate of drug-likeness (QED) is 0.386. The minimum Gasteiger partial charge on any atom is -1.00 e. The second-order valence-electron chi connectivity index (χ2n) is 0. The van der Waals surface area contributed by atoms with Crippen LogP contribution < -0.4 is 24.8 Å². The van der Waals surface area contributed by atoms with Gasteiger partial charge in [-0.3, -0.25) is 0 Å². The van der Waals surface area contributed by atoms with Crippen molar-refractivity contribution >= 4 is 0 Å². The zero-order chi connectivity index (χ0) is 0. The van der Waals surface area contributed by atoms with E-state index in [1.165, 1.54) is 0 Å². The molecule has 0 aromatic carbocycles.